The third-order valence-electron chi connectivity index (χ3n) is 3.86. The van der Waals surface area contributed by atoms with Crippen LogP contribution in [0.3, 0.4) is 0 Å². The molecule has 3 nitrogen and oxygen atoms in total. The van der Waals surface area contributed by atoms with Crippen molar-refractivity contribution >= 4 is 11.0 Å². The average molecular weight is 243 g/mol. The first-order chi connectivity index (χ1) is 8.66. The van der Waals surface area contributed by atoms with Crippen molar-refractivity contribution < 1.29 is 0 Å². The van der Waals surface area contributed by atoms with Crippen LogP contribution in [-0.2, 0) is 6.42 Å². The summed E-state index contributed by atoms with van der Waals surface area (Å²) in [5.74, 6) is 1.66. The summed E-state index contributed by atoms with van der Waals surface area (Å²) in [5.41, 5.74) is 8.58. The quantitative estimate of drug-likeness (QED) is 0.897. The summed E-state index contributed by atoms with van der Waals surface area (Å²) in [7, 11) is 0. The molecule has 0 bridgehead atoms. The van der Waals surface area contributed by atoms with Crippen LogP contribution in [-0.4, -0.2) is 15.6 Å². The minimum Gasteiger partial charge on any atom is -0.327 e. The predicted molar refractivity (Wildman–Crippen MR) is 74.5 cm³/mol. The topological polar surface area (TPSA) is 43.8 Å². The number of nitrogens with two attached hydrogens (primary N) is 1. The zero-order valence-corrected chi connectivity index (χ0v) is 11.1. The molecule has 0 spiro atoms. The molecular weight excluding hydrogens is 222 g/mol. The molecule has 96 valence electrons. The molecule has 18 heavy (non-hydrogen) atoms. The second kappa shape index (κ2) is 4.39. The summed E-state index contributed by atoms with van der Waals surface area (Å²) >= 11 is 0. The molecule has 1 heterocycles. The summed E-state index contributed by atoms with van der Waals surface area (Å²) in [6.45, 7) is 4.35. The lowest BCUT2D eigenvalue weighted by atomic mass is 10.0. The zero-order chi connectivity index (χ0) is 12.7. The number of hydrogen-bond donors (Lipinski definition) is 1. The van der Waals surface area contributed by atoms with Gasteiger partial charge in [-0.25, -0.2) is 4.98 Å². The Morgan fingerprint density at radius 3 is 2.72 bits per heavy atom. The molecular formula is C15H21N3. The average Bonchev–Trinajstić information content (AvgIpc) is 3.11. The van der Waals surface area contributed by atoms with Crippen molar-refractivity contribution in [1.82, 2.24) is 9.55 Å². The standard InChI is InChI=1S/C15H21N3/c1-10(2)12(16)9-15-17-13-5-3-4-6-14(13)18(15)11-7-8-11/h3-6,10-12H,7-9,16H2,1-2H3. The fourth-order valence-corrected chi connectivity index (χ4v) is 2.43. The molecule has 1 aromatic heterocycles. The fourth-order valence-electron chi connectivity index (χ4n) is 2.43. The van der Waals surface area contributed by atoms with Gasteiger partial charge in [-0.15, -0.1) is 0 Å². The molecule has 1 aromatic carbocycles. The van der Waals surface area contributed by atoms with Gasteiger partial charge in [0, 0.05) is 18.5 Å². The van der Waals surface area contributed by atoms with Crippen molar-refractivity contribution in [3.05, 3.63) is 30.1 Å². The van der Waals surface area contributed by atoms with E-state index in [9.17, 15) is 0 Å². The molecule has 0 radical (unpaired) electrons. The molecule has 0 saturated heterocycles. The van der Waals surface area contributed by atoms with Crippen LogP contribution in [0.25, 0.3) is 11.0 Å². The van der Waals surface area contributed by atoms with E-state index in [1.807, 2.05) is 0 Å². The van der Waals surface area contributed by atoms with Gasteiger partial charge in [-0.05, 0) is 30.9 Å². The highest BCUT2D eigenvalue weighted by molar-refractivity contribution is 5.76. The summed E-state index contributed by atoms with van der Waals surface area (Å²) in [6.07, 6.45) is 3.44. The lowest BCUT2D eigenvalue weighted by Crippen LogP contribution is -2.30. The van der Waals surface area contributed by atoms with Crippen LogP contribution < -0.4 is 5.73 Å². The van der Waals surface area contributed by atoms with Gasteiger partial charge in [0.15, 0.2) is 0 Å². The SMILES string of the molecule is CC(C)C(N)Cc1nc2ccccc2n1C1CC1. The Balaban J connectivity index is 2.02. The van der Waals surface area contributed by atoms with Crippen LogP contribution in [0.4, 0.5) is 0 Å². The molecule has 3 rings (SSSR count). The monoisotopic (exact) mass is 243 g/mol. The first-order valence-corrected chi connectivity index (χ1v) is 6.88. The Bertz CT molecular complexity index is 552. The van der Waals surface area contributed by atoms with Crippen molar-refractivity contribution in [2.24, 2.45) is 11.7 Å². The number of aromatic nitrogens is 2. The van der Waals surface area contributed by atoms with Gasteiger partial charge in [-0.3, -0.25) is 0 Å². The minimum atomic E-state index is 0.194. The molecule has 1 aliphatic carbocycles. The first-order valence-electron chi connectivity index (χ1n) is 6.88. The van der Waals surface area contributed by atoms with Crippen molar-refractivity contribution in [3.63, 3.8) is 0 Å². The van der Waals surface area contributed by atoms with Gasteiger partial charge in [0.2, 0.25) is 0 Å². The summed E-state index contributed by atoms with van der Waals surface area (Å²) in [4.78, 5) is 4.78. The van der Waals surface area contributed by atoms with E-state index in [0.717, 1.165) is 11.9 Å². The maximum Gasteiger partial charge on any atom is 0.111 e. The lowest BCUT2D eigenvalue weighted by Gasteiger charge is -2.16. The van der Waals surface area contributed by atoms with Crippen LogP contribution in [0.15, 0.2) is 24.3 Å². The summed E-state index contributed by atoms with van der Waals surface area (Å²) < 4.78 is 2.41. The molecule has 1 fully saturated rings. The van der Waals surface area contributed by atoms with E-state index in [0.29, 0.717) is 12.0 Å². The molecule has 1 unspecified atom stereocenters. The van der Waals surface area contributed by atoms with E-state index in [4.69, 9.17) is 10.7 Å². The van der Waals surface area contributed by atoms with E-state index >= 15 is 0 Å². The van der Waals surface area contributed by atoms with Gasteiger partial charge in [-0.2, -0.15) is 0 Å². The Hall–Kier alpha value is -1.35. The Labute approximate surface area is 108 Å². The molecule has 1 aliphatic rings. The molecule has 1 saturated carbocycles. The van der Waals surface area contributed by atoms with Crippen LogP contribution in [0, 0.1) is 5.92 Å². The summed E-state index contributed by atoms with van der Waals surface area (Å²) in [5, 5.41) is 0. The molecule has 0 amide bonds. The van der Waals surface area contributed by atoms with E-state index in [2.05, 4.69) is 42.7 Å². The van der Waals surface area contributed by atoms with E-state index in [-0.39, 0.29) is 6.04 Å². The molecule has 2 aromatic rings. The summed E-state index contributed by atoms with van der Waals surface area (Å²) in [6, 6.07) is 9.27. The van der Waals surface area contributed by atoms with Gasteiger partial charge in [0.1, 0.15) is 5.82 Å². The smallest absolute Gasteiger partial charge is 0.111 e. The lowest BCUT2D eigenvalue weighted by molar-refractivity contribution is 0.473. The van der Waals surface area contributed by atoms with Crippen LogP contribution in [0.1, 0.15) is 38.6 Å². The fraction of sp³-hybridized carbons (Fsp3) is 0.533. The normalized spacial score (nSPS) is 17.6. The van der Waals surface area contributed by atoms with E-state index in [1.165, 1.54) is 24.2 Å². The third-order valence-corrected chi connectivity index (χ3v) is 3.86. The van der Waals surface area contributed by atoms with E-state index < -0.39 is 0 Å². The second-order valence-corrected chi connectivity index (χ2v) is 5.73. The van der Waals surface area contributed by atoms with Crippen LogP contribution >= 0.6 is 0 Å². The number of para-hydroxylation sites is 2. The van der Waals surface area contributed by atoms with Gasteiger partial charge in [0.05, 0.1) is 11.0 Å². The number of benzene rings is 1. The van der Waals surface area contributed by atoms with Crippen LogP contribution in [0.5, 0.6) is 0 Å². The Morgan fingerprint density at radius 1 is 1.33 bits per heavy atom. The van der Waals surface area contributed by atoms with Crippen molar-refractivity contribution in [2.45, 2.75) is 45.2 Å². The van der Waals surface area contributed by atoms with Crippen molar-refractivity contribution in [3.8, 4) is 0 Å². The highest BCUT2D eigenvalue weighted by Gasteiger charge is 2.28. The number of nitrogens with zero attached hydrogens (tertiary/aromatic N) is 2. The van der Waals surface area contributed by atoms with Gasteiger partial charge < -0.3 is 10.3 Å². The van der Waals surface area contributed by atoms with Gasteiger partial charge in [-0.1, -0.05) is 26.0 Å². The zero-order valence-electron chi connectivity index (χ0n) is 11.1. The van der Waals surface area contributed by atoms with E-state index in [1.54, 1.807) is 0 Å². The maximum absolute atomic E-state index is 6.21. The molecule has 1 atom stereocenters. The largest absolute Gasteiger partial charge is 0.327 e. The van der Waals surface area contributed by atoms with Crippen LogP contribution in [0.2, 0.25) is 0 Å². The second-order valence-electron chi connectivity index (χ2n) is 5.73. The predicted octanol–water partition coefficient (Wildman–Crippen LogP) is 2.90. The maximum atomic E-state index is 6.21. The van der Waals surface area contributed by atoms with Gasteiger partial charge >= 0.3 is 0 Å². The van der Waals surface area contributed by atoms with Gasteiger partial charge in [0.25, 0.3) is 0 Å². The number of fused-ring (bicyclic) bond motifs is 1. The minimum absolute atomic E-state index is 0.194. The number of imidazole rings is 1. The first kappa shape index (κ1) is 11.7. The number of rotatable bonds is 4. The van der Waals surface area contributed by atoms with Crippen molar-refractivity contribution in [1.29, 1.82) is 0 Å². The molecule has 3 heteroatoms. The Morgan fingerprint density at radius 2 is 2.06 bits per heavy atom. The third kappa shape index (κ3) is 2.03. The molecule has 0 aliphatic heterocycles. The Kier molecular flexibility index (Phi) is 2.86. The highest BCUT2D eigenvalue weighted by Crippen LogP contribution is 2.38. The number of hydrogen-bond acceptors (Lipinski definition) is 2. The highest BCUT2D eigenvalue weighted by atomic mass is 15.1. The van der Waals surface area contributed by atoms with Crippen molar-refractivity contribution in [2.75, 3.05) is 0 Å². The molecule has 2 N–H and O–H groups in total.